The second kappa shape index (κ2) is 6.78. The molecule has 0 heterocycles. The number of benzene rings is 2. The summed E-state index contributed by atoms with van der Waals surface area (Å²) in [7, 11) is -4.35. The Hall–Kier alpha value is -1.89. The summed E-state index contributed by atoms with van der Waals surface area (Å²) < 4.78 is 31.0. The fourth-order valence-corrected chi connectivity index (χ4v) is 4.77. The van der Waals surface area contributed by atoms with E-state index in [1.165, 1.54) is 19.1 Å². The van der Waals surface area contributed by atoms with Crippen LogP contribution in [0, 0.1) is 20.8 Å². The molecular weight excluding hydrogens is 364 g/mol. The molecule has 0 saturated heterocycles. The van der Waals surface area contributed by atoms with Gasteiger partial charge in [-0.05, 0) is 44.9 Å². The number of carboxylic acids is 1. The highest BCUT2D eigenvalue weighted by Crippen LogP contribution is 2.36. The van der Waals surface area contributed by atoms with E-state index < -0.39 is 21.7 Å². The lowest BCUT2D eigenvalue weighted by Crippen LogP contribution is -2.38. The molecule has 7 heteroatoms. The van der Waals surface area contributed by atoms with Crippen molar-refractivity contribution in [2.75, 3.05) is 0 Å². The van der Waals surface area contributed by atoms with Crippen molar-refractivity contribution < 1.29 is 22.5 Å². The van der Waals surface area contributed by atoms with E-state index >= 15 is 0 Å². The summed E-state index contributed by atoms with van der Waals surface area (Å²) in [6.45, 7) is 6.31. The molecule has 0 spiro atoms. The van der Waals surface area contributed by atoms with Crippen LogP contribution in [-0.4, -0.2) is 19.5 Å². The third-order valence-corrected chi connectivity index (χ3v) is 5.95. The van der Waals surface area contributed by atoms with E-state index in [1.54, 1.807) is 38.1 Å². The van der Waals surface area contributed by atoms with Gasteiger partial charge >= 0.3 is 5.97 Å². The third-order valence-electron chi connectivity index (χ3n) is 3.93. The molecule has 1 unspecified atom stereocenters. The van der Waals surface area contributed by atoms with Crippen molar-refractivity contribution in [2.24, 2.45) is 0 Å². The molecule has 25 heavy (non-hydrogen) atoms. The Morgan fingerprint density at radius 2 is 1.64 bits per heavy atom. The lowest BCUT2D eigenvalue weighted by molar-refractivity contribution is -0.154. The Morgan fingerprint density at radius 3 is 2.12 bits per heavy atom. The molecule has 0 aliphatic carbocycles. The predicted molar refractivity (Wildman–Crippen MR) is 95.4 cm³/mol. The number of hydrogen-bond donors (Lipinski definition) is 1. The second-order valence-electron chi connectivity index (χ2n) is 6.08. The number of halogens is 1. The van der Waals surface area contributed by atoms with Crippen LogP contribution in [0.2, 0.25) is 5.02 Å². The van der Waals surface area contributed by atoms with E-state index in [-0.39, 0.29) is 15.5 Å². The van der Waals surface area contributed by atoms with E-state index in [0.29, 0.717) is 11.1 Å². The van der Waals surface area contributed by atoms with Crippen molar-refractivity contribution in [1.82, 2.24) is 0 Å². The molecule has 0 amide bonds. The minimum absolute atomic E-state index is 0.0300. The first-order valence-corrected chi connectivity index (χ1v) is 9.29. The molecule has 0 aliphatic rings. The van der Waals surface area contributed by atoms with Gasteiger partial charge in [0.05, 0.1) is 4.90 Å². The quantitative estimate of drug-likeness (QED) is 0.791. The average molecular weight is 383 g/mol. The minimum Gasteiger partial charge on any atom is -0.479 e. The fourth-order valence-electron chi connectivity index (χ4n) is 2.87. The van der Waals surface area contributed by atoms with E-state index in [0.717, 1.165) is 5.56 Å². The molecule has 2 rings (SSSR count). The van der Waals surface area contributed by atoms with Gasteiger partial charge in [0.15, 0.2) is 0 Å². The van der Waals surface area contributed by atoms with Crippen molar-refractivity contribution in [3.8, 4) is 0 Å². The van der Waals surface area contributed by atoms with Gasteiger partial charge in [0.1, 0.15) is 0 Å². The van der Waals surface area contributed by atoms with Gasteiger partial charge in [-0.2, -0.15) is 8.42 Å². The van der Waals surface area contributed by atoms with Crippen LogP contribution >= 0.6 is 11.6 Å². The molecule has 0 bridgehead atoms. The highest BCUT2D eigenvalue weighted by atomic mass is 35.5. The van der Waals surface area contributed by atoms with Crippen LogP contribution in [0.5, 0.6) is 0 Å². The number of aryl methyl sites for hydroxylation is 3. The SMILES string of the molecule is Cc1cc(C)c(S(=O)(=O)OC(C)(C(=O)O)c2ccccc2Cl)c(C)c1. The Morgan fingerprint density at radius 1 is 1.12 bits per heavy atom. The lowest BCUT2D eigenvalue weighted by atomic mass is 9.96. The predicted octanol–water partition coefficient (Wildman–Crippen LogP) is 3.97. The molecule has 1 atom stereocenters. The minimum atomic E-state index is -4.35. The number of carboxylic acid groups (broad SMARTS) is 1. The summed E-state index contributed by atoms with van der Waals surface area (Å²) in [6.07, 6.45) is 0. The van der Waals surface area contributed by atoms with Crippen molar-refractivity contribution in [3.05, 3.63) is 63.7 Å². The Labute approximate surface area is 152 Å². The smallest absolute Gasteiger partial charge is 0.342 e. The van der Waals surface area contributed by atoms with Crippen LogP contribution in [0.1, 0.15) is 29.2 Å². The van der Waals surface area contributed by atoms with Crippen molar-refractivity contribution in [3.63, 3.8) is 0 Å². The van der Waals surface area contributed by atoms with Crippen LogP contribution in [0.25, 0.3) is 0 Å². The van der Waals surface area contributed by atoms with E-state index in [2.05, 4.69) is 0 Å². The molecule has 134 valence electrons. The van der Waals surface area contributed by atoms with Crippen LogP contribution in [0.4, 0.5) is 0 Å². The third kappa shape index (κ3) is 3.71. The highest BCUT2D eigenvalue weighted by Gasteiger charge is 2.43. The van der Waals surface area contributed by atoms with Gasteiger partial charge in [-0.25, -0.2) is 8.98 Å². The summed E-state index contributed by atoms with van der Waals surface area (Å²) in [4.78, 5) is 11.8. The first-order valence-electron chi connectivity index (χ1n) is 7.51. The van der Waals surface area contributed by atoms with Crippen LogP contribution in [0.3, 0.4) is 0 Å². The zero-order chi connectivity index (χ0) is 19.0. The number of rotatable bonds is 5. The largest absolute Gasteiger partial charge is 0.479 e. The summed E-state index contributed by atoms with van der Waals surface area (Å²) in [5.41, 5.74) is -0.203. The molecule has 0 saturated carbocycles. The molecule has 0 aliphatic heterocycles. The molecule has 0 fully saturated rings. The molecular formula is C18H19ClO5S. The second-order valence-corrected chi connectivity index (χ2v) is 7.97. The topological polar surface area (TPSA) is 80.7 Å². The summed E-state index contributed by atoms with van der Waals surface area (Å²) >= 11 is 6.07. The van der Waals surface area contributed by atoms with Gasteiger partial charge in [0, 0.05) is 10.6 Å². The maximum absolute atomic E-state index is 12.9. The first-order chi connectivity index (χ1) is 11.5. The molecule has 0 aromatic heterocycles. The standard InChI is InChI=1S/C18H19ClO5S/c1-11-9-12(2)16(13(3)10-11)25(22,23)24-18(4,17(20)21)14-7-5-6-8-15(14)19/h5-10H,1-4H3,(H,20,21). The zero-order valence-corrected chi connectivity index (χ0v) is 15.9. The molecule has 2 aromatic rings. The van der Waals surface area contributed by atoms with Gasteiger partial charge in [-0.1, -0.05) is 47.5 Å². The molecule has 1 N–H and O–H groups in total. The van der Waals surface area contributed by atoms with Gasteiger partial charge in [0.2, 0.25) is 5.60 Å². The molecule has 0 radical (unpaired) electrons. The van der Waals surface area contributed by atoms with E-state index in [1.807, 2.05) is 6.92 Å². The van der Waals surface area contributed by atoms with E-state index in [9.17, 15) is 18.3 Å². The van der Waals surface area contributed by atoms with Gasteiger partial charge < -0.3 is 5.11 Å². The van der Waals surface area contributed by atoms with Gasteiger partial charge in [-0.15, -0.1) is 0 Å². The van der Waals surface area contributed by atoms with Crippen molar-refractivity contribution >= 4 is 27.7 Å². The highest BCUT2D eigenvalue weighted by molar-refractivity contribution is 7.87. The molecule has 2 aromatic carbocycles. The number of aliphatic carboxylic acids is 1. The summed E-state index contributed by atoms with van der Waals surface area (Å²) in [6, 6.07) is 9.52. The molecule has 5 nitrogen and oxygen atoms in total. The number of hydrogen-bond acceptors (Lipinski definition) is 4. The normalized spacial score (nSPS) is 14.1. The Balaban J connectivity index is 2.61. The van der Waals surface area contributed by atoms with Crippen LogP contribution in [0.15, 0.2) is 41.3 Å². The summed E-state index contributed by atoms with van der Waals surface area (Å²) in [5.74, 6) is -1.45. The Bertz CT molecular complexity index is 913. The van der Waals surface area contributed by atoms with Crippen LogP contribution in [-0.2, 0) is 24.7 Å². The average Bonchev–Trinajstić information content (AvgIpc) is 2.45. The monoisotopic (exact) mass is 382 g/mol. The maximum Gasteiger partial charge on any atom is 0.342 e. The van der Waals surface area contributed by atoms with E-state index in [4.69, 9.17) is 15.8 Å². The Kier molecular flexibility index (Phi) is 5.27. The van der Waals surface area contributed by atoms with Gasteiger partial charge in [0.25, 0.3) is 10.1 Å². The van der Waals surface area contributed by atoms with Crippen LogP contribution < -0.4 is 0 Å². The lowest BCUT2D eigenvalue weighted by Gasteiger charge is -2.26. The maximum atomic E-state index is 12.9. The van der Waals surface area contributed by atoms with Gasteiger partial charge in [-0.3, -0.25) is 0 Å². The summed E-state index contributed by atoms with van der Waals surface area (Å²) in [5, 5.41) is 9.77. The van der Waals surface area contributed by atoms with Crippen molar-refractivity contribution in [2.45, 2.75) is 38.2 Å². The van der Waals surface area contributed by atoms with Crippen molar-refractivity contribution in [1.29, 1.82) is 0 Å². The zero-order valence-electron chi connectivity index (χ0n) is 14.3. The first kappa shape index (κ1) is 19.4. The number of carbonyl (C=O) groups is 1. The fraction of sp³-hybridized carbons (Fsp3) is 0.278.